The van der Waals surface area contributed by atoms with Crippen molar-refractivity contribution in [2.24, 2.45) is 16.3 Å². The number of guanidine groups is 1. The molecule has 0 bridgehead atoms. The fourth-order valence-electron chi connectivity index (χ4n) is 2.41. The molecule has 1 aliphatic rings. The molecule has 0 aliphatic heterocycles. The Morgan fingerprint density at radius 3 is 2.64 bits per heavy atom. The second-order valence-electron chi connectivity index (χ2n) is 7.10. The second-order valence-corrected chi connectivity index (χ2v) is 7.10. The maximum Gasteiger partial charge on any atom is 0.227 e. The fourth-order valence-corrected chi connectivity index (χ4v) is 2.41. The van der Waals surface area contributed by atoms with E-state index in [1.807, 2.05) is 32.0 Å². The lowest BCUT2D eigenvalue weighted by atomic mass is 9.92. The Morgan fingerprint density at radius 1 is 1.28 bits per heavy atom. The van der Waals surface area contributed by atoms with E-state index in [1.54, 1.807) is 14.1 Å². The zero-order chi connectivity index (χ0) is 18.3. The monoisotopic (exact) mass is 346 g/mol. The highest BCUT2D eigenvalue weighted by Gasteiger charge is 2.26. The average molecular weight is 346 g/mol. The maximum atomic E-state index is 11.9. The van der Waals surface area contributed by atoms with Gasteiger partial charge in [0.1, 0.15) is 5.75 Å². The summed E-state index contributed by atoms with van der Waals surface area (Å²) in [6.07, 6.45) is 2.55. The first-order valence-corrected chi connectivity index (χ1v) is 8.83. The van der Waals surface area contributed by atoms with Crippen molar-refractivity contribution < 1.29 is 9.53 Å². The third kappa shape index (κ3) is 5.96. The van der Waals surface area contributed by atoms with E-state index in [9.17, 15) is 4.79 Å². The lowest BCUT2D eigenvalue weighted by Gasteiger charge is -2.24. The molecule has 138 valence electrons. The summed E-state index contributed by atoms with van der Waals surface area (Å²) in [7, 11) is 3.37. The first-order chi connectivity index (χ1) is 12.0. The molecule has 25 heavy (non-hydrogen) atoms. The molecule has 1 amide bonds. The number of ether oxygens (including phenoxy) is 1. The van der Waals surface area contributed by atoms with Crippen LogP contribution in [-0.2, 0) is 11.3 Å². The highest BCUT2D eigenvalue weighted by atomic mass is 16.5. The third-order valence-electron chi connectivity index (χ3n) is 4.35. The highest BCUT2D eigenvalue weighted by molar-refractivity contribution is 5.84. The van der Waals surface area contributed by atoms with Gasteiger partial charge >= 0.3 is 0 Å². The van der Waals surface area contributed by atoms with Gasteiger partial charge in [-0.3, -0.25) is 9.79 Å². The number of hydrogen-bond acceptors (Lipinski definition) is 3. The molecular formula is C19H30N4O2. The molecule has 0 heterocycles. The van der Waals surface area contributed by atoms with E-state index < -0.39 is 5.41 Å². The molecule has 0 unspecified atom stereocenters. The standard InChI is InChI=1S/C19H30N4O2/c1-19(2,17(24)20-3)13-23-18(21-4)22-11-15-7-5-6-8-16(15)25-12-14-9-10-14/h5-8,14H,9-13H2,1-4H3,(H,20,24)(H2,21,22,23). The van der Waals surface area contributed by atoms with Crippen LogP contribution in [0.3, 0.4) is 0 Å². The van der Waals surface area contributed by atoms with Gasteiger partial charge in [0.15, 0.2) is 5.96 Å². The molecule has 2 rings (SSSR count). The minimum Gasteiger partial charge on any atom is -0.493 e. The normalized spacial score (nSPS) is 14.8. The first-order valence-electron chi connectivity index (χ1n) is 8.83. The quantitative estimate of drug-likeness (QED) is 0.497. The SMILES string of the molecule is CN=C(NCc1ccccc1OCC1CC1)NCC(C)(C)C(=O)NC. The largest absolute Gasteiger partial charge is 0.493 e. The van der Waals surface area contributed by atoms with Crippen LogP contribution in [0.15, 0.2) is 29.3 Å². The Bertz CT molecular complexity index is 609. The molecule has 0 saturated heterocycles. The average Bonchev–Trinajstić information content (AvgIpc) is 3.44. The van der Waals surface area contributed by atoms with Crippen molar-refractivity contribution in [3.05, 3.63) is 29.8 Å². The Labute approximate surface area is 150 Å². The number of amides is 1. The molecule has 6 heteroatoms. The predicted molar refractivity (Wildman–Crippen MR) is 101 cm³/mol. The Morgan fingerprint density at radius 2 is 2.00 bits per heavy atom. The van der Waals surface area contributed by atoms with E-state index in [0.29, 0.717) is 19.0 Å². The molecule has 3 N–H and O–H groups in total. The van der Waals surface area contributed by atoms with Crippen molar-refractivity contribution in [2.45, 2.75) is 33.2 Å². The molecule has 1 aliphatic carbocycles. The van der Waals surface area contributed by atoms with Crippen LogP contribution in [0, 0.1) is 11.3 Å². The van der Waals surface area contributed by atoms with Crippen LogP contribution >= 0.6 is 0 Å². The maximum absolute atomic E-state index is 11.9. The zero-order valence-electron chi connectivity index (χ0n) is 15.7. The van der Waals surface area contributed by atoms with Crippen LogP contribution in [0.4, 0.5) is 0 Å². The number of carbonyl (C=O) groups is 1. The van der Waals surface area contributed by atoms with Gasteiger partial charge < -0.3 is 20.7 Å². The highest BCUT2D eigenvalue weighted by Crippen LogP contribution is 2.30. The van der Waals surface area contributed by atoms with E-state index in [2.05, 4.69) is 27.0 Å². The number of aliphatic imine (C=N–C) groups is 1. The van der Waals surface area contributed by atoms with E-state index in [4.69, 9.17) is 4.74 Å². The molecule has 0 aromatic heterocycles. The number of nitrogens with one attached hydrogen (secondary N) is 3. The van der Waals surface area contributed by atoms with E-state index in [1.165, 1.54) is 12.8 Å². The van der Waals surface area contributed by atoms with Crippen LogP contribution in [0.25, 0.3) is 0 Å². The summed E-state index contributed by atoms with van der Waals surface area (Å²) in [5.41, 5.74) is 0.578. The first kappa shape index (κ1) is 19.1. The van der Waals surface area contributed by atoms with Gasteiger partial charge in [-0.1, -0.05) is 18.2 Å². The Balaban J connectivity index is 1.87. The molecule has 1 aromatic rings. The van der Waals surface area contributed by atoms with Crippen molar-refractivity contribution >= 4 is 11.9 Å². The summed E-state index contributed by atoms with van der Waals surface area (Å²) >= 11 is 0. The van der Waals surface area contributed by atoms with Gasteiger partial charge in [0, 0.05) is 32.7 Å². The van der Waals surface area contributed by atoms with Gasteiger partial charge in [-0.2, -0.15) is 0 Å². The Kier molecular flexibility index (Phi) is 6.67. The van der Waals surface area contributed by atoms with Crippen LogP contribution in [0.2, 0.25) is 0 Å². The molecule has 0 atom stereocenters. The van der Waals surface area contributed by atoms with E-state index in [0.717, 1.165) is 23.8 Å². The number of nitrogens with zero attached hydrogens (tertiary/aromatic N) is 1. The molecule has 6 nitrogen and oxygen atoms in total. The molecule has 0 spiro atoms. The van der Waals surface area contributed by atoms with Gasteiger partial charge in [-0.05, 0) is 38.7 Å². The number of para-hydroxylation sites is 1. The molecule has 1 fully saturated rings. The van der Waals surface area contributed by atoms with Crippen LogP contribution in [0.1, 0.15) is 32.3 Å². The van der Waals surface area contributed by atoms with Crippen molar-refractivity contribution in [1.82, 2.24) is 16.0 Å². The van der Waals surface area contributed by atoms with Gasteiger partial charge in [0.25, 0.3) is 0 Å². The Hall–Kier alpha value is -2.24. The van der Waals surface area contributed by atoms with Gasteiger partial charge in [-0.25, -0.2) is 0 Å². The van der Waals surface area contributed by atoms with E-state index in [-0.39, 0.29) is 5.91 Å². The second kappa shape index (κ2) is 8.74. The summed E-state index contributed by atoms with van der Waals surface area (Å²) in [5.74, 6) is 2.30. The van der Waals surface area contributed by atoms with Gasteiger partial charge in [0.05, 0.1) is 12.0 Å². The smallest absolute Gasteiger partial charge is 0.227 e. The molecule has 1 aromatic carbocycles. The van der Waals surface area contributed by atoms with Crippen LogP contribution in [-0.4, -0.2) is 39.1 Å². The van der Waals surface area contributed by atoms with Crippen LogP contribution < -0.4 is 20.7 Å². The number of rotatable bonds is 8. The van der Waals surface area contributed by atoms with Crippen molar-refractivity contribution in [2.75, 3.05) is 27.2 Å². The predicted octanol–water partition coefficient (Wildman–Crippen LogP) is 1.91. The lowest BCUT2D eigenvalue weighted by molar-refractivity contribution is -0.128. The van der Waals surface area contributed by atoms with Crippen molar-refractivity contribution in [3.8, 4) is 5.75 Å². The molecule has 1 saturated carbocycles. The number of carbonyl (C=O) groups excluding carboxylic acids is 1. The summed E-state index contributed by atoms with van der Waals surface area (Å²) in [5, 5.41) is 9.18. The van der Waals surface area contributed by atoms with Gasteiger partial charge in [-0.15, -0.1) is 0 Å². The number of benzene rings is 1. The third-order valence-corrected chi connectivity index (χ3v) is 4.35. The minimum absolute atomic E-state index is 0.00530. The summed E-state index contributed by atoms with van der Waals surface area (Å²) < 4.78 is 5.93. The summed E-state index contributed by atoms with van der Waals surface area (Å²) in [6.45, 7) is 5.69. The van der Waals surface area contributed by atoms with Crippen molar-refractivity contribution in [3.63, 3.8) is 0 Å². The van der Waals surface area contributed by atoms with Crippen LogP contribution in [0.5, 0.6) is 5.75 Å². The summed E-state index contributed by atoms with van der Waals surface area (Å²) in [4.78, 5) is 16.1. The van der Waals surface area contributed by atoms with Crippen molar-refractivity contribution in [1.29, 1.82) is 0 Å². The van der Waals surface area contributed by atoms with E-state index >= 15 is 0 Å². The number of hydrogen-bond donors (Lipinski definition) is 3. The minimum atomic E-state index is -0.516. The lowest BCUT2D eigenvalue weighted by Crippen LogP contribution is -2.47. The topological polar surface area (TPSA) is 74.8 Å². The fraction of sp³-hybridized carbons (Fsp3) is 0.579. The molecular weight excluding hydrogens is 316 g/mol. The zero-order valence-corrected chi connectivity index (χ0v) is 15.7. The summed E-state index contributed by atoms with van der Waals surface area (Å²) in [6, 6.07) is 8.05. The molecule has 0 radical (unpaired) electrons. The van der Waals surface area contributed by atoms with Gasteiger partial charge in [0.2, 0.25) is 5.91 Å².